The third-order valence-electron chi connectivity index (χ3n) is 4.62. The van der Waals surface area contributed by atoms with Crippen molar-refractivity contribution in [3.05, 3.63) is 12.7 Å². The van der Waals surface area contributed by atoms with Crippen LogP contribution in [-0.2, 0) is 10.2 Å². The van der Waals surface area contributed by atoms with Crippen molar-refractivity contribution < 1.29 is 13.5 Å². The van der Waals surface area contributed by atoms with Crippen LogP contribution in [0.25, 0.3) is 0 Å². The summed E-state index contributed by atoms with van der Waals surface area (Å²) in [7, 11) is -1.32. The molecular formula is C15H30N4O3S. The van der Waals surface area contributed by atoms with Gasteiger partial charge in [0.05, 0.1) is 6.10 Å². The second-order valence-electron chi connectivity index (χ2n) is 6.43. The number of aliphatic hydroxyl groups excluding tert-OH is 1. The maximum atomic E-state index is 12.7. The van der Waals surface area contributed by atoms with Crippen molar-refractivity contribution in [3.63, 3.8) is 0 Å². The van der Waals surface area contributed by atoms with Crippen LogP contribution in [0, 0.1) is 0 Å². The van der Waals surface area contributed by atoms with Gasteiger partial charge >= 0.3 is 0 Å². The summed E-state index contributed by atoms with van der Waals surface area (Å²) in [5, 5.41) is 9.95. The van der Waals surface area contributed by atoms with Crippen molar-refractivity contribution in [1.29, 1.82) is 0 Å². The first-order chi connectivity index (χ1) is 10.9. The fourth-order valence-electron chi connectivity index (χ4n) is 3.02. The molecule has 2 aliphatic rings. The number of hydrogen-bond donors (Lipinski definition) is 1. The molecule has 7 nitrogen and oxygen atoms in total. The molecule has 8 heteroatoms. The quantitative estimate of drug-likeness (QED) is 0.625. The van der Waals surface area contributed by atoms with Crippen LogP contribution in [0.3, 0.4) is 0 Å². The normalized spacial score (nSPS) is 24.6. The van der Waals surface area contributed by atoms with Crippen LogP contribution in [0.1, 0.15) is 12.8 Å². The Morgan fingerprint density at radius 3 is 2.09 bits per heavy atom. The summed E-state index contributed by atoms with van der Waals surface area (Å²) in [5.41, 5.74) is 0. The van der Waals surface area contributed by atoms with E-state index < -0.39 is 10.2 Å². The van der Waals surface area contributed by atoms with Gasteiger partial charge in [0.1, 0.15) is 0 Å². The highest BCUT2D eigenvalue weighted by atomic mass is 32.2. The topological polar surface area (TPSA) is 67.3 Å². The molecule has 0 aromatic carbocycles. The van der Waals surface area contributed by atoms with Gasteiger partial charge < -0.3 is 10.0 Å². The van der Waals surface area contributed by atoms with Crippen LogP contribution < -0.4 is 0 Å². The molecule has 0 aromatic heterocycles. The van der Waals surface area contributed by atoms with E-state index in [2.05, 4.69) is 16.4 Å². The van der Waals surface area contributed by atoms with Crippen molar-refractivity contribution in [2.45, 2.75) is 18.9 Å². The highest BCUT2D eigenvalue weighted by molar-refractivity contribution is 7.86. The van der Waals surface area contributed by atoms with Crippen molar-refractivity contribution in [1.82, 2.24) is 18.4 Å². The number of nitrogens with zero attached hydrogens (tertiary/aromatic N) is 4. The third kappa shape index (κ3) is 5.23. The zero-order valence-electron chi connectivity index (χ0n) is 14.1. The Morgan fingerprint density at radius 1 is 1.04 bits per heavy atom. The van der Waals surface area contributed by atoms with E-state index in [0.717, 1.165) is 19.5 Å². The third-order valence-corrected chi connectivity index (χ3v) is 6.65. The first-order valence-corrected chi connectivity index (χ1v) is 9.78. The highest BCUT2D eigenvalue weighted by Gasteiger charge is 2.33. The number of rotatable bonds is 7. The fourth-order valence-corrected chi connectivity index (χ4v) is 4.60. The van der Waals surface area contributed by atoms with E-state index in [1.807, 2.05) is 13.1 Å². The Labute approximate surface area is 140 Å². The second-order valence-corrected chi connectivity index (χ2v) is 8.36. The average molecular weight is 346 g/mol. The second kappa shape index (κ2) is 8.55. The zero-order chi connectivity index (χ0) is 16.9. The van der Waals surface area contributed by atoms with Crippen molar-refractivity contribution in [3.8, 4) is 0 Å². The van der Waals surface area contributed by atoms with Gasteiger partial charge in [-0.05, 0) is 19.9 Å². The Balaban J connectivity index is 1.80. The highest BCUT2D eigenvalue weighted by Crippen LogP contribution is 2.15. The van der Waals surface area contributed by atoms with Crippen molar-refractivity contribution in [2.75, 3.05) is 66.0 Å². The molecule has 2 fully saturated rings. The number of aliphatic hydroxyl groups is 1. The average Bonchev–Trinajstić information content (AvgIpc) is 2.54. The van der Waals surface area contributed by atoms with Gasteiger partial charge in [0.25, 0.3) is 10.2 Å². The Hall–Kier alpha value is -0.510. The van der Waals surface area contributed by atoms with E-state index in [9.17, 15) is 13.5 Å². The Kier molecular flexibility index (Phi) is 7.00. The smallest absolute Gasteiger partial charge is 0.282 e. The zero-order valence-corrected chi connectivity index (χ0v) is 14.9. The van der Waals surface area contributed by atoms with Gasteiger partial charge in [-0.3, -0.25) is 4.90 Å². The first-order valence-electron chi connectivity index (χ1n) is 8.38. The van der Waals surface area contributed by atoms with Crippen molar-refractivity contribution in [2.24, 2.45) is 0 Å². The number of hydrogen-bond acceptors (Lipinski definition) is 5. The molecule has 2 saturated heterocycles. The number of piperazine rings is 2. The molecule has 2 rings (SSSR count). The van der Waals surface area contributed by atoms with Crippen molar-refractivity contribution >= 4 is 10.2 Å². The predicted octanol–water partition coefficient (Wildman–Crippen LogP) is -0.577. The summed E-state index contributed by atoms with van der Waals surface area (Å²) < 4.78 is 28.5. The Morgan fingerprint density at radius 2 is 1.57 bits per heavy atom. The minimum atomic E-state index is -3.34. The SMILES string of the molecule is C=CCC[C@@H](O)CN1CCN(S(=O)(=O)N2CCN(C)CC2)CC1. The van der Waals surface area contributed by atoms with Crippen LogP contribution in [0.4, 0.5) is 0 Å². The lowest BCUT2D eigenvalue weighted by molar-refractivity contribution is 0.0853. The van der Waals surface area contributed by atoms with Crippen LogP contribution >= 0.6 is 0 Å². The number of β-amino-alcohol motifs (C(OH)–C–C–N with tert-alkyl or cyclic N) is 1. The minimum absolute atomic E-state index is 0.367. The minimum Gasteiger partial charge on any atom is -0.392 e. The van der Waals surface area contributed by atoms with E-state index in [1.54, 1.807) is 8.61 Å². The number of likely N-dealkylation sites (N-methyl/N-ethyl adjacent to an activating group) is 1. The molecule has 0 aromatic rings. The lowest BCUT2D eigenvalue weighted by Crippen LogP contribution is -2.57. The molecule has 0 radical (unpaired) electrons. The maximum Gasteiger partial charge on any atom is 0.282 e. The van der Waals surface area contributed by atoms with Gasteiger partial charge in [-0.2, -0.15) is 17.0 Å². The molecule has 0 aliphatic carbocycles. The standard InChI is InChI=1S/C15H30N4O3S/c1-3-4-5-15(20)14-17-8-12-19(13-9-17)23(21,22)18-10-6-16(2)7-11-18/h3,15,20H,1,4-14H2,2H3/t15-/m1/s1. The summed E-state index contributed by atoms with van der Waals surface area (Å²) in [5.74, 6) is 0. The largest absolute Gasteiger partial charge is 0.392 e. The van der Waals surface area contributed by atoms with Crippen LogP contribution in [0.2, 0.25) is 0 Å². The number of allylic oxidation sites excluding steroid dienone is 1. The molecular weight excluding hydrogens is 316 g/mol. The summed E-state index contributed by atoms with van der Waals surface area (Å²) >= 11 is 0. The lowest BCUT2D eigenvalue weighted by atomic mass is 10.2. The molecule has 2 aliphatic heterocycles. The monoisotopic (exact) mass is 346 g/mol. The molecule has 2 heterocycles. The van der Waals surface area contributed by atoms with E-state index >= 15 is 0 Å². The molecule has 0 bridgehead atoms. The summed E-state index contributed by atoms with van der Waals surface area (Å²) in [6.07, 6.45) is 2.96. The first kappa shape index (κ1) is 18.8. The van der Waals surface area contributed by atoms with Gasteiger partial charge in [-0.15, -0.1) is 6.58 Å². The summed E-state index contributed by atoms with van der Waals surface area (Å²) in [6, 6.07) is 0. The molecule has 0 saturated carbocycles. The van der Waals surface area contributed by atoms with Gasteiger partial charge in [0.15, 0.2) is 0 Å². The molecule has 1 N–H and O–H groups in total. The van der Waals surface area contributed by atoms with Crippen LogP contribution in [-0.4, -0.2) is 104 Å². The lowest BCUT2D eigenvalue weighted by Gasteiger charge is -2.39. The van der Waals surface area contributed by atoms with Crippen LogP contribution in [0.15, 0.2) is 12.7 Å². The van der Waals surface area contributed by atoms with Gasteiger partial charge in [0.2, 0.25) is 0 Å². The van der Waals surface area contributed by atoms with Gasteiger partial charge in [-0.1, -0.05) is 6.08 Å². The molecule has 0 unspecified atom stereocenters. The van der Waals surface area contributed by atoms with E-state index in [4.69, 9.17) is 0 Å². The maximum absolute atomic E-state index is 12.7. The van der Waals surface area contributed by atoms with E-state index in [1.165, 1.54) is 0 Å². The predicted molar refractivity (Wildman–Crippen MR) is 91.4 cm³/mol. The molecule has 0 spiro atoms. The summed E-state index contributed by atoms with van der Waals surface area (Å²) in [6.45, 7) is 9.34. The summed E-state index contributed by atoms with van der Waals surface area (Å²) in [4.78, 5) is 4.29. The van der Waals surface area contributed by atoms with E-state index in [0.29, 0.717) is 52.2 Å². The van der Waals surface area contributed by atoms with Crippen LogP contribution in [0.5, 0.6) is 0 Å². The Bertz CT molecular complexity index is 469. The molecule has 134 valence electrons. The fraction of sp³-hybridized carbons (Fsp3) is 0.867. The molecule has 23 heavy (non-hydrogen) atoms. The van der Waals surface area contributed by atoms with Gasteiger partial charge in [-0.25, -0.2) is 0 Å². The molecule has 0 amide bonds. The van der Waals surface area contributed by atoms with Gasteiger partial charge in [0, 0.05) is 58.9 Å². The molecule has 1 atom stereocenters. The van der Waals surface area contributed by atoms with E-state index in [-0.39, 0.29) is 6.10 Å².